The molecule has 3 aliphatic heterocycles. The van der Waals surface area contributed by atoms with Crippen LogP contribution in [0.2, 0.25) is 0 Å². The lowest BCUT2D eigenvalue weighted by Crippen LogP contribution is -2.55. The van der Waals surface area contributed by atoms with Crippen LogP contribution in [0.1, 0.15) is 44.1 Å². The number of fused-ring (bicyclic) bond motifs is 3. The van der Waals surface area contributed by atoms with E-state index in [1.165, 1.54) is 6.92 Å². The van der Waals surface area contributed by atoms with E-state index >= 15 is 0 Å². The van der Waals surface area contributed by atoms with Crippen molar-refractivity contribution >= 4 is 34.6 Å². The third-order valence-electron chi connectivity index (χ3n) is 6.65. The Hall–Kier alpha value is -2.97. The second-order valence-corrected chi connectivity index (χ2v) is 9.30. The van der Waals surface area contributed by atoms with Gasteiger partial charge >= 0.3 is 0 Å². The quantitative estimate of drug-likeness (QED) is 0.776. The first kappa shape index (κ1) is 20.9. The molecule has 1 N–H and O–H groups in total. The van der Waals surface area contributed by atoms with Gasteiger partial charge in [-0.05, 0) is 37.6 Å². The van der Waals surface area contributed by atoms with E-state index in [2.05, 4.69) is 52.2 Å². The summed E-state index contributed by atoms with van der Waals surface area (Å²) in [5, 5.41) is 2.89. The first-order chi connectivity index (χ1) is 15.2. The summed E-state index contributed by atoms with van der Waals surface area (Å²) in [4.78, 5) is 25.4. The van der Waals surface area contributed by atoms with E-state index in [9.17, 15) is 4.79 Å². The molecule has 0 aromatic carbocycles. The number of hydrogen-bond acceptors (Lipinski definition) is 7. The lowest BCUT2D eigenvalue weighted by molar-refractivity contribution is -0.156. The standard InChI is InChI=1S/C24H29N5O3/c1-15(30)26-19-11-25-12-21-17(19)10-16(13-28(21)4)18-6-7-20-22(27-18)24(8-9-31-14-24)32-23(2,3)29(20)5/h6-7,10-12H,8-9,13-14H2,1-5H3,(H,26,30). The molecule has 3 aliphatic rings. The van der Waals surface area contributed by atoms with E-state index in [0.717, 1.165) is 40.3 Å². The number of rotatable bonds is 2. The van der Waals surface area contributed by atoms with Gasteiger partial charge < -0.3 is 24.6 Å². The summed E-state index contributed by atoms with van der Waals surface area (Å²) in [5.74, 6) is -0.124. The van der Waals surface area contributed by atoms with Crippen molar-refractivity contribution in [1.29, 1.82) is 0 Å². The minimum atomic E-state index is -0.536. The number of ether oxygens (including phenoxy) is 2. The Balaban J connectivity index is 1.62. The molecular weight excluding hydrogens is 406 g/mol. The van der Waals surface area contributed by atoms with Crippen LogP contribution in [0.25, 0.3) is 11.6 Å². The number of likely N-dealkylation sites (N-methyl/N-ethyl adjacent to an activating group) is 1. The molecule has 0 saturated carbocycles. The fourth-order valence-electron chi connectivity index (χ4n) is 4.86. The zero-order valence-electron chi connectivity index (χ0n) is 19.2. The second-order valence-electron chi connectivity index (χ2n) is 9.30. The van der Waals surface area contributed by atoms with Crippen LogP contribution in [-0.2, 0) is 19.9 Å². The van der Waals surface area contributed by atoms with Crippen LogP contribution < -0.4 is 15.1 Å². The van der Waals surface area contributed by atoms with E-state index in [1.807, 2.05) is 20.3 Å². The Labute approximate surface area is 188 Å². The zero-order chi connectivity index (χ0) is 22.7. The van der Waals surface area contributed by atoms with E-state index in [4.69, 9.17) is 14.5 Å². The molecule has 1 saturated heterocycles. The third-order valence-corrected chi connectivity index (χ3v) is 6.65. The van der Waals surface area contributed by atoms with Crippen molar-refractivity contribution in [2.24, 2.45) is 0 Å². The molecule has 8 heteroatoms. The molecule has 1 amide bonds. The SMILES string of the molecule is CC(=O)Nc1cncc2c1C=C(c1ccc3c(n1)C1(CCOC1)OC(C)(C)N3C)CN2C. The Bertz CT molecular complexity index is 1120. The van der Waals surface area contributed by atoms with E-state index < -0.39 is 11.3 Å². The molecule has 8 nitrogen and oxygen atoms in total. The summed E-state index contributed by atoms with van der Waals surface area (Å²) in [6.07, 6.45) is 6.40. The van der Waals surface area contributed by atoms with Crippen LogP contribution in [0.4, 0.5) is 17.1 Å². The average molecular weight is 436 g/mol. The maximum atomic E-state index is 11.7. The van der Waals surface area contributed by atoms with Gasteiger partial charge in [-0.25, -0.2) is 4.98 Å². The number of hydrogen-bond donors (Lipinski definition) is 1. The van der Waals surface area contributed by atoms with Crippen molar-refractivity contribution in [1.82, 2.24) is 9.97 Å². The molecule has 2 aromatic rings. The second kappa shape index (κ2) is 7.28. The topological polar surface area (TPSA) is 79.8 Å². The molecule has 0 bridgehead atoms. The van der Waals surface area contributed by atoms with Crippen molar-refractivity contribution in [3.05, 3.63) is 41.5 Å². The van der Waals surface area contributed by atoms with Crippen LogP contribution >= 0.6 is 0 Å². The molecule has 168 valence electrons. The molecule has 1 fully saturated rings. The number of amides is 1. The summed E-state index contributed by atoms with van der Waals surface area (Å²) in [7, 11) is 4.06. The summed E-state index contributed by atoms with van der Waals surface area (Å²) in [6.45, 7) is 7.53. The van der Waals surface area contributed by atoms with Gasteiger partial charge in [0.1, 0.15) is 11.3 Å². The lowest BCUT2D eigenvalue weighted by Gasteiger charge is -2.49. The predicted octanol–water partition coefficient (Wildman–Crippen LogP) is 3.24. The number of pyridine rings is 2. The Morgan fingerprint density at radius 3 is 2.72 bits per heavy atom. The van der Waals surface area contributed by atoms with Gasteiger partial charge in [0, 0.05) is 46.2 Å². The number of aromatic nitrogens is 2. The number of anilines is 3. The molecule has 0 aliphatic carbocycles. The highest BCUT2D eigenvalue weighted by atomic mass is 16.6. The maximum absolute atomic E-state index is 11.7. The smallest absolute Gasteiger partial charge is 0.221 e. The highest BCUT2D eigenvalue weighted by Crippen LogP contribution is 2.48. The monoisotopic (exact) mass is 435 g/mol. The van der Waals surface area contributed by atoms with Crippen LogP contribution in [0.5, 0.6) is 0 Å². The molecule has 32 heavy (non-hydrogen) atoms. The summed E-state index contributed by atoms with van der Waals surface area (Å²) in [6, 6.07) is 4.21. The fourth-order valence-corrected chi connectivity index (χ4v) is 4.86. The Morgan fingerprint density at radius 2 is 2.00 bits per heavy atom. The van der Waals surface area contributed by atoms with E-state index in [1.54, 1.807) is 6.20 Å². The van der Waals surface area contributed by atoms with Crippen molar-refractivity contribution in [3.63, 3.8) is 0 Å². The van der Waals surface area contributed by atoms with Crippen LogP contribution in [0, 0.1) is 0 Å². The first-order valence-corrected chi connectivity index (χ1v) is 10.9. The van der Waals surface area contributed by atoms with Gasteiger partial charge in [-0.3, -0.25) is 9.78 Å². The number of carbonyl (C=O) groups excluding carboxylic acids is 1. The van der Waals surface area contributed by atoms with Crippen LogP contribution in [-0.4, -0.2) is 55.5 Å². The van der Waals surface area contributed by atoms with E-state index in [-0.39, 0.29) is 5.91 Å². The minimum Gasteiger partial charge on any atom is -0.378 e. The summed E-state index contributed by atoms with van der Waals surface area (Å²) < 4.78 is 12.4. The van der Waals surface area contributed by atoms with Gasteiger partial charge in [0.25, 0.3) is 0 Å². The summed E-state index contributed by atoms with van der Waals surface area (Å²) >= 11 is 0. The highest BCUT2D eigenvalue weighted by molar-refractivity contribution is 5.98. The highest BCUT2D eigenvalue weighted by Gasteiger charge is 2.51. The molecule has 0 radical (unpaired) electrons. The van der Waals surface area contributed by atoms with Crippen molar-refractivity contribution < 1.29 is 14.3 Å². The Morgan fingerprint density at radius 1 is 1.19 bits per heavy atom. The molecule has 1 spiro atoms. The van der Waals surface area contributed by atoms with Gasteiger partial charge in [-0.15, -0.1) is 0 Å². The van der Waals surface area contributed by atoms with Gasteiger partial charge in [0.05, 0.1) is 47.5 Å². The maximum Gasteiger partial charge on any atom is 0.221 e. The van der Waals surface area contributed by atoms with Crippen molar-refractivity contribution in [3.8, 4) is 0 Å². The molecule has 1 atom stereocenters. The van der Waals surface area contributed by atoms with Gasteiger partial charge in [0.2, 0.25) is 5.91 Å². The van der Waals surface area contributed by atoms with Gasteiger partial charge in [0.15, 0.2) is 0 Å². The van der Waals surface area contributed by atoms with E-state index in [0.29, 0.717) is 25.4 Å². The van der Waals surface area contributed by atoms with Crippen LogP contribution in [0.3, 0.4) is 0 Å². The fraction of sp³-hybridized carbons (Fsp3) is 0.458. The first-order valence-electron chi connectivity index (χ1n) is 10.9. The number of carbonyl (C=O) groups is 1. The molecule has 5 heterocycles. The zero-order valence-corrected chi connectivity index (χ0v) is 19.2. The lowest BCUT2D eigenvalue weighted by atomic mass is 9.91. The van der Waals surface area contributed by atoms with Gasteiger partial charge in [-0.2, -0.15) is 0 Å². The largest absolute Gasteiger partial charge is 0.378 e. The normalized spacial score (nSPS) is 23.6. The number of nitrogens with one attached hydrogen (secondary N) is 1. The average Bonchev–Trinajstić information content (AvgIpc) is 3.20. The molecule has 5 rings (SSSR count). The van der Waals surface area contributed by atoms with Crippen molar-refractivity contribution in [2.75, 3.05) is 49.0 Å². The third kappa shape index (κ3) is 3.25. The minimum absolute atomic E-state index is 0.124. The Kier molecular flexibility index (Phi) is 4.76. The van der Waals surface area contributed by atoms with Gasteiger partial charge in [-0.1, -0.05) is 0 Å². The molecular formula is C24H29N5O3. The summed E-state index contributed by atoms with van der Waals surface area (Å²) in [5.41, 5.74) is 5.60. The molecule has 2 aromatic heterocycles. The number of nitrogens with zero attached hydrogens (tertiary/aromatic N) is 4. The van der Waals surface area contributed by atoms with Crippen molar-refractivity contribution in [2.45, 2.75) is 38.5 Å². The van der Waals surface area contributed by atoms with Crippen LogP contribution in [0.15, 0.2) is 24.5 Å². The molecule has 1 unspecified atom stereocenters. The predicted molar refractivity (Wildman–Crippen MR) is 125 cm³/mol.